The molecule has 2 aromatic rings. The van der Waals surface area contributed by atoms with Gasteiger partial charge in [0.25, 0.3) is 0 Å². The lowest BCUT2D eigenvalue weighted by Crippen LogP contribution is -2.12. The highest BCUT2D eigenvalue weighted by Crippen LogP contribution is 2.10. The summed E-state index contributed by atoms with van der Waals surface area (Å²) in [6.45, 7) is 4.36. The van der Waals surface area contributed by atoms with Gasteiger partial charge in [-0.15, -0.1) is 16.4 Å². The summed E-state index contributed by atoms with van der Waals surface area (Å²) >= 11 is 1.70. The van der Waals surface area contributed by atoms with Crippen LogP contribution in [0.2, 0.25) is 0 Å². The molecule has 0 fully saturated rings. The molecule has 0 saturated carbocycles. The van der Waals surface area contributed by atoms with Crippen molar-refractivity contribution in [1.29, 1.82) is 0 Å². The summed E-state index contributed by atoms with van der Waals surface area (Å²) in [7, 11) is 0. The van der Waals surface area contributed by atoms with E-state index in [1.165, 1.54) is 4.88 Å². The lowest BCUT2D eigenvalue weighted by atomic mass is 10.4. The van der Waals surface area contributed by atoms with Crippen molar-refractivity contribution in [2.75, 3.05) is 6.61 Å². The average molecular weight is 267 g/mol. The third-order valence-corrected chi connectivity index (χ3v) is 3.30. The second-order valence-corrected chi connectivity index (χ2v) is 5.34. The lowest BCUT2D eigenvalue weighted by Gasteiger charge is -1.98. The van der Waals surface area contributed by atoms with Crippen LogP contribution < -0.4 is 5.32 Å². The molecule has 0 spiro atoms. The van der Waals surface area contributed by atoms with Gasteiger partial charge in [-0.3, -0.25) is 4.68 Å². The number of nitrogens with one attached hydrogen (secondary N) is 1. The minimum atomic E-state index is 0.177. The second-order valence-electron chi connectivity index (χ2n) is 4.02. The molecular weight excluding hydrogens is 250 g/mol. The smallest absolute Gasteiger partial charge is 0.107 e. The Kier molecular flexibility index (Phi) is 4.80. The molecule has 0 aromatic carbocycles. The van der Waals surface area contributed by atoms with Crippen molar-refractivity contribution in [1.82, 2.24) is 25.3 Å². The van der Waals surface area contributed by atoms with Crippen LogP contribution in [-0.4, -0.2) is 31.7 Å². The number of hydrogen-bond acceptors (Lipinski definition) is 6. The summed E-state index contributed by atoms with van der Waals surface area (Å²) in [5, 5.41) is 21.1. The molecule has 0 atom stereocenters. The van der Waals surface area contributed by atoms with Crippen molar-refractivity contribution >= 4 is 11.3 Å². The number of hydrogen-bond donors (Lipinski definition) is 2. The Hall–Kier alpha value is -1.31. The zero-order valence-corrected chi connectivity index (χ0v) is 11.2. The molecular formula is C11H17N5OS. The van der Waals surface area contributed by atoms with E-state index >= 15 is 0 Å². The van der Waals surface area contributed by atoms with Gasteiger partial charge in [-0.2, -0.15) is 0 Å². The van der Waals surface area contributed by atoms with Gasteiger partial charge in [0.05, 0.1) is 5.69 Å². The topological polar surface area (TPSA) is 75.9 Å². The van der Waals surface area contributed by atoms with Gasteiger partial charge < -0.3 is 10.4 Å². The molecule has 0 bridgehead atoms. The summed E-state index contributed by atoms with van der Waals surface area (Å²) in [6, 6.07) is 0. The summed E-state index contributed by atoms with van der Waals surface area (Å²) in [5.74, 6) is 0. The molecule has 0 aliphatic rings. The SMILES string of the molecule is Cc1cnc(CNCc2cn(CCCO)nn2)s1. The monoisotopic (exact) mass is 267 g/mol. The normalized spacial score (nSPS) is 11.0. The molecule has 0 unspecified atom stereocenters. The maximum atomic E-state index is 8.72. The van der Waals surface area contributed by atoms with Crippen LogP contribution >= 0.6 is 11.3 Å². The van der Waals surface area contributed by atoms with E-state index < -0.39 is 0 Å². The first kappa shape index (κ1) is 13.1. The Morgan fingerprint density at radius 3 is 3.06 bits per heavy atom. The molecule has 7 heteroatoms. The Bertz CT molecular complexity index is 481. The molecule has 2 aromatic heterocycles. The van der Waals surface area contributed by atoms with E-state index in [0.29, 0.717) is 19.5 Å². The first-order valence-electron chi connectivity index (χ1n) is 5.90. The quantitative estimate of drug-likeness (QED) is 0.773. The van der Waals surface area contributed by atoms with Crippen molar-refractivity contribution in [2.45, 2.75) is 33.0 Å². The van der Waals surface area contributed by atoms with Crippen LogP contribution in [0.4, 0.5) is 0 Å². The standard InChI is InChI=1S/C11H17N5OS/c1-9-5-13-11(18-9)7-12-6-10-8-16(15-14-10)3-2-4-17/h5,8,12,17H,2-4,6-7H2,1H3. The van der Waals surface area contributed by atoms with Crippen LogP contribution in [0.1, 0.15) is 22.0 Å². The number of nitrogens with zero attached hydrogens (tertiary/aromatic N) is 4. The van der Waals surface area contributed by atoms with Crippen LogP contribution in [0.3, 0.4) is 0 Å². The number of rotatable bonds is 7. The second kappa shape index (κ2) is 6.58. The fourth-order valence-electron chi connectivity index (χ4n) is 1.54. The first-order chi connectivity index (χ1) is 8.78. The molecule has 6 nitrogen and oxygen atoms in total. The number of aromatic nitrogens is 4. The maximum Gasteiger partial charge on any atom is 0.107 e. The summed E-state index contributed by atoms with van der Waals surface area (Å²) in [5.41, 5.74) is 0.904. The van der Waals surface area contributed by atoms with E-state index in [0.717, 1.165) is 17.2 Å². The van der Waals surface area contributed by atoms with Crippen LogP contribution in [0, 0.1) is 6.92 Å². The van der Waals surface area contributed by atoms with E-state index in [9.17, 15) is 0 Å². The highest BCUT2D eigenvalue weighted by Gasteiger charge is 2.02. The van der Waals surface area contributed by atoms with Gasteiger partial charge in [-0.25, -0.2) is 4.98 Å². The van der Waals surface area contributed by atoms with Gasteiger partial charge >= 0.3 is 0 Å². The van der Waals surface area contributed by atoms with E-state index in [2.05, 4.69) is 20.6 Å². The summed E-state index contributed by atoms with van der Waals surface area (Å²) in [6.07, 6.45) is 4.48. The molecule has 2 heterocycles. The van der Waals surface area contributed by atoms with Crippen molar-refractivity contribution in [2.24, 2.45) is 0 Å². The number of aliphatic hydroxyl groups is 1. The van der Waals surface area contributed by atoms with E-state index in [1.54, 1.807) is 16.0 Å². The van der Waals surface area contributed by atoms with E-state index in [-0.39, 0.29) is 6.61 Å². The highest BCUT2D eigenvalue weighted by atomic mass is 32.1. The van der Waals surface area contributed by atoms with Crippen LogP contribution in [0.15, 0.2) is 12.4 Å². The Morgan fingerprint density at radius 2 is 2.33 bits per heavy atom. The van der Waals surface area contributed by atoms with Gasteiger partial charge in [0.2, 0.25) is 0 Å². The van der Waals surface area contributed by atoms with Gasteiger partial charge in [0.15, 0.2) is 0 Å². The van der Waals surface area contributed by atoms with Crippen molar-refractivity contribution in [3.8, 4) is 0 Å². The molecule has 18 heavy (non-hydrogen) atoms. The summed E-state index contributed by atoms with van der Waals surface area (Å²) in [4.78, 5) is 5.50. The number of aryl methyl sites for hydroxylation is 2. The fourth-order valence-corrected chi connectivity index (χ4v) is 2.30. The Labute approximate surface area is 110 Å². The molecule has 0 aliphatic carbocycles. The lowest BCUT2D eigenvalue weighted by molar-refractivity contribution is 0.276. The van der Waals surface area contributed by atoms with Gasteiger partial charge in [0, 0.05) is 43.5 Å². The highest BCUT2D eigenvalue weighted by molar-refractivity contribution is 7.11. The average Bonchev–Trinajstić information content (AvgIpc) is 2.96. The van der Waals surface area contributed by atoms with Crippen LogP contribution in [0.5, 0.6) is 0 Å². The van der Waals surface area contributed by atoms with Gasteiger partial charge in [-0.1, -0.05) is 5.21 Å². The largest absolute Gasteiger partial charge is 0.396 e. The summed E-state index contributed by atoms with van der Waals surface area (Å²) < 4.78 is 1.75. The molecule has 0 radical (unpaired) electrons. The number of aliphatic hydroxyl groups excluding tert-OH is 1. The van der Waals surface area contributed by atoms with Gasteiger partial charge in [-0.05, 0) is 13.3 Å². The molecule has 0 amide bonds. The molecule has 2 N–H and O–H groups in total. The third-order valence-electron chi connectivity index (χ3n) is 2.38. The first-order valence-corrected chi connectivity index (χ1v) is 6.71. The molecule has 98 valence electrons. The molecule has 0 saturated heterocycles. The third kappa shape index (κ3) is 3.86. The zero-order valence-electron chi connectivity index (χ0n) is 10.3. The molecule has 2 rings (SSSR count). The van der Waals surface area contributed by atoms with Gasteiger partial charge in [0.1, 0.15) is 5.01 Å². The van der Waals surface area contributed by atoms with Crippen molar-refractivity contribution < 1.29 is 5.11 Å². The van der Waals surface area contributed by atoms with E-state index in [4.69, 9.17) is 5.11 Å². The van der Waals surface area contributed by atoms with Crippen molar-refractivity contribution in [3.05, 3.63) is 28.0 Å². The Balaban J connectivity index is 1.74. The predicted molar refractivity (Wildman–Crippen MR) is 69.1 cm³/mol. The fraction of sp³-hybridized carbons (Fsp3) is 0.545. The van der Waals surface area contributed by atoms with E-state index in [1.807, 2.05) is 19.3 Å². The van der Waals surface area contributed by atoms with Crippen LogP contribution in [0.25, 0.3) is 0 Å². The number of thiazole rings is 1. The Morgan fingerprint density at radius 1 is 1.44 bits per heavy atom. The molecule has 0 aliphatic heterocycles. The maximum absolute atomic E-state index is 8.72. The minimum Gasteiger partial charge on any atom is -0.396 e. The predicted octanol–water partition coefficient (Wildman–Crippen LogP) is 0.715. The van der Waals surface area contributed by atoms with Crippen molar-refractivity contribution in [3.63, 3.8) is 0 Å². The van der Waals surface area contributed by atoms with Crippen LogP contribution in [-0.2, 0) is 19.6 Å². The zero-order chi connectivity index (χ0) is 12.8. The minimum absolute atomic E-state index is 0.177.